The van der Waals surface area contributed by atoms with Crippen LogP contribution in [-0.4, -0.2) is 21.4 Å². The van der Waals surface area contributed by atoms with E-state index in [0.717, 1.165) is 15.1 Å². The second-order valence-electron chi connectivity index (χ2n) is 6.47. The van der Waals surface area contributed by atoms with Crippen molar-refractivity contribution in [3.05, 3.63) is 66.7 Å². The van der Waals surface area contributed by atoms with E-state index in [2.05, 4.69) is 0 Å². The topological polar surface area (TPSA) is 63.7 Å². The Kier molecular flexibility index (Phi) is 5.19. The van der Waals surface area contributed by atoms with Gasteiger partial charge < -0.3 is 4.74 Å². The zero-order valence-electron chi connectivity index (χ0n) is 15.4. The van der Waals surface area contributed by atoms with Gasteiger partial charge >= 0.3 is 0 Å². The number of fused-ring (bicyclic) bond motifs is 1. The maximum Gasteiger partial charge on any atom is 0.270 e. The van der Waals surface area contributed by atoms with Crippen molar-refractivity contribution in [1.82, 2.24) is 0 Å². The summed E-state index contributed by atoms with van der Waals surface area (Å²) in [6.07, 6.45) is 0. The summed E-state index contributed by atoms with van der Waals surface area (Å²) in [6.45, 7) is 3.35. The van der Waals surface area contributed by atoms with E-state index in [4.69, 9.17) is 4.74 Å². The summed E-state index contributed by atoms with van der Waals surface area (Å²) in [7, 11) is -2.54. The van der Waals surface area contributed by atoms with Gasteiger partial charge in [0.2, 0.25) is 5.91 Å². The van der Waals surface area contributed by atoms with Crippen LogP contribution in [0.15, 0.2) is 71.6 Å². The molecular formula is C21H21NO4S. The van der Waals surface area contributed by atoms with E-state index in [0.29, 0.717) is 5.75 Å². The van der Waals surface area contributed by atoms with Crippen molar-refractivity contribution < 1.29 is 17.9 Å². The minimum atomic E-state index is -4.07. The van der Waals surface area contributed by atoms with Gasteiger partial charge in [-0.1, -0.05) is 44.2 Å². The van der Waals surface area contributed by atoms with Crippen LogP contribution in [0.25, 0.3) is 10.8 Å². The molecule has 0 heterocycles. The molecule has 0 saturated carbocycles. The molecule has 0 aliphatic rings. The third-order valence-corrected chi connectivity index (χ3v) is 5.98. The summed E-state index contributed by atoms with van der Waals surface area (Å²) in [5.74, 6) is -0.394. The second-order valence-corrected chi connectivity index (χ2v) is 8.26. The molecule has 0 atom stereocenters. The highest BCUT2D eigenvalue weighted by Crippen LogP contribution is 2.29. The highest BCUT2D eigenvalue weighted by molar-refractivity contribution is 7.93. The average molecular weight is 383 g/mol. The van der Waals surface area contributed by atoms with E-state index in [9.17, 15) is 13.2 Å². The molecule has 0 aliphatic carbocycles. The molecule has 5 nitrogen and oxygen atoms in total. The standard InChI is InChI=1S/C21H21NO4S/c1-15(2)21(23)22(18-9-11-19(26-3)12-10-18)27(24,25)20-13-8-16-6-4-5-7-17(16)14-20/h4-15H,1-3H3. The summed E-state index contributed by atoms with van der Waals surface area (Å²) in [6, 6.07) is 18.8. The fraction of sp³-hybridized carbons (Fsp3) is 0.190. The fourth-order valence-electron chi connectivity index (χ4n) is 2.77. The van der Waals surface area contributed by atoms with E-state index >= 15 is 0 Å². The van der Waals surface area contributed by atoms with Crippen molar-refractivity contribution in [2.45, 2.75) is 18.7 Å². The predicted octanol–water partition coefficient (Wildman–Crippen LogP) is 4.23. The third-order valence-electron chi connectivity index (χ3n) is 4.26. The van der Waals surface area contributed by atoms with Crippen molar-refractivity contribution in [1.29, 1.82) is 0 Å². The van der Waals surface area contributed by atoms with Gasteiger partial charge in [-0.2, -0.15) is 0 Å². The number of hydrogen-bond acceptors (Lipinski definition) is 4. The van der Waals surface area contributed by atoms with E-state index in [1.54, 1.807) is 50.2 Å². The molecule has 0 aliphatic heterocycles. The van der Waals surface area contributed by atoms with Gasteiger partial charge in [0.25, 0.3) is 10.0 Å². The summed E-state index contributed by atoms with van der Waals surface area (Å²) in [5, 5.41) is 1.73. The second kappa shape index (κ2) is 7.40. The number of ether oxygens (including phenoxy) is 1. The van der Waals surface area contributed by atoms with Gasteiger partial charge in [-0.05, 0) is 47.2 Å². The number of benzene rings is 3. The Morgan fingerprint density at radius 2 is 1.56 bits per heavy atom. The maximum absolute atomic E-state index is 13.4. The van der Waals surface area contributed by atoms with E-state index in [-0.39, 0.29) is 10.6 Å². The van der Waals surface area contributed by atoms with Crippen molar-refractivity contribution in [3.63, 3.8) is 0 Å². The first-order valence-electron chi connectivity index (χ1n) is 8.56. The van der Waals surface area contributed by atoms with Crippen LogP contribution in [0.4, 0.5) is 5.69 Å². The van der Waals surface area contributed by atoms with Gasteiger partial charge in [-0.15, -0.1) is 0 Å². The summed E-state index contributed by atoms with van der Waals surface area (Å²) < 4.78 is 32.7. The van der Waals surface area contributed by atoms with E-state index in [1.807, 2.05) is 24.3 Å². The largest absolute Gasteiger partial charge is 0.497 e. The Bertz CT molecular complexity index is 1070. The van der Waals surface area contributed by atoms with Gasteiger partial charge in [0.15, 0.2) is 0 Å². The number of hydrogen-bond donors (Lipinski definition) is 0. The molecule has 0 bridgehead atoms. The molecule has 1 amide bonds. The average Bonchev–Trinajstić information content (AvgIpc) is 2.68. The Morgan fingerprint density at radius 1 is 0.926 bits per heavy atom. The quantitative estimate of drug-likeness (QED) is 0.661. The first-order valence-corrected chi connectivity index (χ1v) is 10.0. The van der Waals surface area contributed by atoms with Gasteiger partial charge in [0.1, 0.15) is 5.75 Å². The van der Waals surface area contributed by atoms with Crippen LogP contribution in [0, 0.1) is 5.92 Å². The molecule has 0 unspecified atom stereocenters. The van der Waals surface area contributed by atoms with Crippen LogP contribution in [0.2, 0.25) is 0 Å². The summed E-state index contributed by atoms with van der Waals surface area (Å²) in [4.78, 5) is 12.9. The minimum absolute atomic E-state index is 0.0750. The number of carbonyl (C=O) groups excluding carboxylic acids is 1. The Balaban J connectivity index is 2.14. The maximum atomic E-state index is 13.4. The molecular weight excluding hydrogens is 362 g/mol. The fourth-order valence-corrected chi connectivity index (χ4v) is 4.34. The van der Waals surface area contributed by atoms with Crippen molar-refractivity contribution >= 4 is 32.4 Å². The Labute approximate surface area is 159 Å². The number of rotatable bonds is 5. The Hall–Kier alpha value is -2.86. The zero-order chi connectivity index (χ0) is 19.6. The summed E-state index contributed by atoms with van der Waals surface area (Å²) >= 11 is 0. The van der Waals surface area contributed by atoms with E-state index < -0.39 is 21.8 Å². The van der Waals surface area contributed by atoms with Gasteiger partial charge in [0, 0.05) is 5.92 Å². The molecule has 0 radical (unpaired) electrons. The minimum Gasteiger partial charge on any atom is -0.497 e. The first kappa shape index (κ1) is 18.9. The first-order chi connectivity index (χ1) is 12.8. The molecule has 3 aromatic carbocycles. The SMILES string of the molecule is COc1ccc(N(C(=O)C(C)C)S(=O)(=O)c2ccc3ccccc3c2)cc1. The van der Waals surface area contributed by atoms with Crippen molar-refractivity contribution in [2.75, 3.05) is 11.4 Å². The molecule has 0 N–H and O–H groups in total. The third kappa shape index (κ3) is 3.66. The van der Waals surface area contributed by atoms with Crippen LogP contribution in [0.3, 0.4) is 0 Å². The lowest BCUT2D eigenvalue weighted by atomic mass is 10.1. The molecule has 6 heteroatoms. The van der Waals surface area contributed by atoms with Crippen LogP contribution < -0.4 is 9.04 Å². The molecule has 0 spiro atoms. The number of sulfonamides is 1. The number of anilines is 1. The number of amides is 1. The molecule has 140 valence electrons. The highest BCUT2D eigenvalue weighted by atomic mass is 32.2. The summed E-state index contributed by atoms with van der Waals surface area (Å²) in [5.41, 5.74) is 0.280. The van der Waals surface area contributed by atoms with Crippen molar-refractivity contribution in [2.24, 2.45) is 5.92 Å². The van der Waals surface area contributed by atoms with Crippen LogP contribution in [0.5, 0.6) is 5.75 Å². The molecule has 0 aromatic heterocycles. The number of methoxy groups -OCH3 is 1. The van der Waals surface area contributed by atoms with Crippen molar-refractivity contribution in [3.8, 4) is 5.75 Å². The number of carbonyl (C=O) groups is 1. The van der Waals surface area contributed by atoms with Gasteiger partial charge in [-0.25, -0.2) is 12.7 Å². The molecule has 3 rings (SSSR count). The zero-order valence-corrected chi connectivity index (χ0v) is 16.2. The van der Waals surface area contributed by atoms with E-state index in [1.165, 1.54) is 13.2 Å². The highest BCUT2D eigenvalue weighted by Gasteiger charge is 2.32. The lowest BCUT2D eigenvalue weighted by Gasteiger charge is -2.24. The Morgan fingerprint density at radius 3 is 2.15 bits per heavy atom. The lowest BCUT2D eigenvalue weighted by Crippen LogP contribution is -2.39. The van der Waals surface area contributed by atoms with Gasteiger partial charge in [-0.3, -0.25) is 4.79 Å². The molecule has 0 saturated heterocycles. The molecule has 27 heavy (non-hydrogen) atoms. The molecule has 0 fully saturated rings. The normalized spacial score (nSPS) is 11.6. The monoisotopic (exact) mass is 383 g/mol. The molecule has 3 aromatic rings. The predicted molar refractivity (Wildman–Crippen MR) is 106 cm³/mol. The van der Waals surface area contributed by atoms with Gasteiger partial charge in [0.05, 0.1) is 17.7 Å². The van der Waals surface area contributed by atoms with Crippen LogP contribution in [-0.2, 0) is 14.8 Å². The number of nitrogens with zero attached hydrogens (tertiary/aromatic N) is 1. The van der Waals surface area contributed by atoms with Crippen LogP contribution in [0.1, 0.15) is 13.8 Å². The van der Waals surface area contributed by atoms with Crippen LogP contribution >= 0.6 is 0 Å². The smallest absolute Gasteiger partial charge is 0.270 e. The lowest BCUT2D eigenvalue weighted by molar-refractivity contribution is -0.120.